The van der Waals surface area contributed by atoms with Crippen molar-refractivity contribution in [3.63, 3.8) is 0 Å². The van der Waals surface area contributed by atoms with Gasteiger partial charge in [-0.1, -0.05) is 26.5 Å². The highest BCUT2D eigenvalue weighted by Crippen LogP contribution is 2.35. The van der Waals surface area contributed by atoms with Gasteiger partial charge in [0.1, 0.15) is 0 Å². The van der Waals surface area contributed by atoms with Crippen molar-refractivity contribution >= 4 is 11.5 Å². The van der Waals surface area contributed by atoms with Gasteiger partial charge in [0.25, 0.3) is 0 Å². The van der Waals surface area contributed by atoms with E-state index < -0.39 is 0 Å². The molecule has 0 unspecified atom stereocenters. The SMILES string of the molecule is C=C1CC(C)(C)C=C(n2ccnc2)C1=O. The number of nitrogens with zero attached hydrogens (tertiary/aromatic N) is 2. The second-order valence-electron chi connectivity index (χ2n) is 4.60. The number of allylic oxidation sites excluding steroid dienone is 3. The molecule has 0 radical (unpaired) electrons. The molecular formula is C12H14N2O. The van der Waals surface area contributed by atoms with Crippen molar-refractivity contribution < 1.29 is 4.79 Å². The van der Waals surface area contributed by atoms with Crippen LogP contribution in [0.5, 0.6) is 0 Å². The molecule has 78 valence electrons. The summed E-state index contributed by atoms with van der Waals surface area (Å²) < 4.78 is 1.74. The van der Waals surface area contributed by atoms with Crippen LogP contribution in [0.4, 0.5) is 0 Å². The summed E-state index contributed by atoms with van der Waals surface area (Å²) in [6, 6.07) is 0. The fraction of sp³-hybridized carbons (Fsp3) is 0.333. The van der Waals surface area contributed by atoms with Gasteiger partial charge in [-0.25, -0.2) is 4.98 Å². The molecule has 15 heavy (non-hydrogen) atoms. The van der Waals surface area contributed by atoms with Crippen LogP contribution in [-0.4, -0.2) is 15.3 Å². The summed E-state index contributed by atoms with van der Waals surface area (Å²) in [5.41, 5.74) is 1.32. The molecule has 0 aromatic carbocycles. The minimum absolute atomic E-state index is 0.00933. The maximum Gasteiger partial charge on any atom is 0.204 e. The van der Waals surface area contributed by atoms with Crippen molar-refractivity contribution in [1.29, 1.82) is 0 Å². The fourth-order valence-electron chi connectivity index (χ4n) is 1.89. The molecule has 1 aromatic heterocycles. The summed E-state index contributed by atoms with van der Waals surface area (Å²) in [7, 11) is 0. The minimum Gasteiger partial charge on any atom is -0.303 e. The van der Waals surface area contributed by atoms with E-state index >= 15 is 0 Å². The molecule has 3 heteroatoms. The van der Waals surface area contributed by atoms with E-state index in [0.29, 0.717) is 11.3 Å². The number of carbonyl (C=O) groups excluding carboxylic acids is 1. The average molecular weight is 202 g/mol. The van der Waals surface area contributed by atoms with Crippen LogP contribution in [0, 0.1) is 5.41 Å². The molecule has 1 aliphatic carbocycles. The molecule has 1 heterocycles. The number of aromatic nitrogens is 2. The van der Waals surface area contributed by atoms with Crippen LogP contribution < -0.4 is 0 Å². The highest BCUT2D eigenvalue weighted by atomic mass is 16.1. The molecule has 0 spiro atoms. The van der Waals surface area contributed by atoms with Gasteiger partial charge in [0.2, 0.25) is 5.78 Å². The van der Waals surface area contributed by atoms with Crippen molar-refractivity contribution in [3.8, 4) is 0 Å². The highest BCUT2D eigenvalue weighted by molar-refractivity contribution is 6.24. The van der Waals surface area contributed by atoms with Crippen LogP contribution in [0.1, 0.15) is 20.3 Å². The van der Waals surface area contributed by atoms with Gasteiger partial charge in [-0.3, -0.25) is 4.79 Å². The van der Waals surface area contributed by atoms with Gasteiger partial charge >= 0.3 is 0 Å². The van der Waals surface area contributed by atoms with Crippen LogP contribution >= 0.6 is 0 Å². The summed E-state index contributed by atoms with van der Waals surface area (Å²) in [4.78, 5) is 15.8. The quantitative estimate of drug-likeness (QED) is 0.655. The largest absolute Gasteiger partial charge is 0.303 e. The predicted molar refractivity (Wildman–Crippen MR) is 59.0 cm³/mol. The van der Waals surface area contributed by atoms with Gasteiger partial charge in [0.15, 0.2) is 0 Å². The van der Waals surface area contributed by atoms with Gasteiger partial charge in [-0.15, -0.1) is 0 Å². The molecular weight excluding hydrogens is 188 g/mol. The van der Waals surface area contributed by atoms with E-state index in [9.17, 15) is 4.79 Å². The molecule has 0 fully saturated rings. The number of Topliss-reactive ketones (excluding diaryl/α,β-unsaturated/α-hetero) is 1. The molecule has 0 bridgehead atoms. The predicted octanol–water partition coefficient (Wildman–Crippen LogP) is 2.28. The summed E-state index contributed by atoms with van der Waals surface area (Å²) in [6.07, 6.45) is 7.80. The Labute approximate surface area is 89.1 Å². The van der Waals surface area contributed by atoms with E-state index in [1.165, 1.54) is 0 Å². The van der Waals surface area contributed by atoms with E-state index in [1.54, 1.807) is 23.3 Å². The maximum absolute atomic E-state index is 11.9. The molecule has 0 atom stereocenters. The zero-order valence-electron chi connectivity index (χ0n) is 9.03. The third-order valence-electron chi connectivity index (χ3n) is 2.53. The van der Waals surface area contributed by atoms with E-state index in [0.717, 1.165) is 6.42 Å². The first-order chi connectivity index (χ1) is 6.99. The summed E-state index contributed by atoms with van der Waals surface area (Å²) in [5.74, 6) is 0.0207. The summed E-state index contributed by atoms with van der Waals surface area (Å²) in [5, 5.41) is 0. The topological polar surface area (TPSA) is 34.9 Å². The molecule has 0 aliphatic heterocycles. The number of hydrogen-bond acceptors (Lipinski definition) is 2. The Morgan fingerprint density at radius 3 is 2.87 bits per heavy atom. The maximum atomic E-state index is 11.9. The van der Waals surface area contributed by atoms with Crippen LogP contribution in [0.3, 0.4) is 0 Å². The number of imidazole rings is 1. The third-order valence-corrected chi connectivity index (χ3v) is 2.53. The molecule has 2 rings (SSSR count). The number of hydrogen-bond donors (Lipinski definition) is 0. The van der Waals surface area contributed by atoms with E-state index in [2.05, 4.69) is 25.4 Å². The number of carbonyl (C=O) groups is 1. The molecule has 0 amide bonds. The van der Waals surface area contributed by atoms with Crippen LogP contribution in [-0.2, 0) is 4.79 Å². The van der Waals surface area contributed by atoms with Crippen molar-refractivity contribution in [1.82, 2.24) is 9.55 Å². The Kier molecular flexibility index (Phi) is 2.11. The van der Waals surface area contributed by atoms with Gasteiger partial charge in [0, 0.05) is 12.4 Å². The average Bonchev–Trinajstić information content (AvgIpc) is 2.63. The fourth-order valence-corrected chi connectivity index (χ4v) is 1.89. The zero-order valence-corrected chi connectivity index (χ0v) is 9.03. The van der Waals surface area contributed by atoms with Gasteiger partial charge in [0.05, 0.1) is 12.0 Å². The molecule has 1 aliphatic rings. The van der Waals surface area contributed by atoms with Crippen LogP contribution in [0.15, 0.2) is 36.9 Å². The number of ketones is 1. The molecule has 3 nitrogen and oxygen atoms in total. The molecule has 1 aromatic rings. The van der Waals surface area contributed by atoms with Crippen molar-refractivity contribution in [2.24, 2.45) is 5.41 Å². The lowest BCUT2D eigenvalue weighted by Crippen LogP contribution is -2.23. The van der Waals surface area contributed by atoms with E-state index in [-0.39, 0.29) is 11.2 Å². The Morgan fingerprint density at radius 1 is 1.53 bits per heavy atom. The van der Waals surface area contributed by atoms with Crippen LogP contribution in [0.2, 0.25) is 0 Å². The second kappa shape index (κ2) is 3.19. The molecule has 0 saturated heterocycles. The first kappa shape index (κ1) is 9.90. The lowest BCUT2D eigenvalue weighted by Gasteiger charge is -2.28. The van der Waals surface area contributed by atoms with Gasteiger partial charge in [-0.05, 0) is 17.4 Å². The van der Waals surface area contributed by atoms with Crippen molar-refractivity contribution in [2.75, 3.05) is 0 Å². The minimum atomic E-state index is -0.00933. The molecule has 0 saturated carbocycles. The standard InChI is InChI=1S/C12H14N2O/c1-9-6-12(2,3)7-10(11(9)15)14-5-4-13-8-14/h4-5,7-8H,1,6H2,2-3H3. The lowest BCUT2D eigenvalue weighted by molar-refractivity contribution is -0.111. The highest BCUT2D eigenvalue weighted by Gasteiger charge is 2.29. The zero-order chi connectivity index (χ0) is 11.1. The summed E-state index contributed by atoms with van der Waals surface area (Å²) >= 11 is 0. The first-order valence-electron chi connectivity index (χ1n) is 4.93. The Bertz CT molecular complexity index is 438. The van der Waals surface area contributed by atoms with Crippen molar-refractivity contribution in [3.05, 3.63) is 36.9 Å². The first-order valence-corrected chi connectivity index (χ1v) is 4.93. The number of rotatable bonds is 1. The van der Waals surface area contributed by atoms with Crippen molar-refractivity contribution in [2.45, 2.75) is 20.3 Å². The second-order valence-corrected chi connectivity index (χ2v) is 4.60. The van der Waals surface area contributed by atoms with E-state index in [1.807, 2.05) is 6.08 Å². The van der Waals surface area contributed by atoms with Gasteiger partial charge < -0.3 is 4.57 Å². The Balaban J connectivity index is 2.50. The van der Waals surface area contributed by atoms with E-state index in [4.69, 9.17) is 0 Å². The summed E-state index contributed by atoms with van der Waals surface area (Å²) in [6.45, 7) is 8.02. The lowest BCUT2D eigenvalue weighted by atomic mass is 9.79. The third kappa shape index (κ3) is 1.77. The Morgan fingerprint density at radius 2 is 2.27 bits per heavy atom. The smallest absolute Gasteiger partial charge is 0.204 e. The monoisotopic (exact) mass is 202 g/mol. The molecule has 0 N–H and O–H groups in total. The van der Waals surface area contributed by atoms with Gasteiger partial charge in [-0.2, -0.15) is 0 Å². The Hall–Kier alpha value is -1.64. The van der Waals surface area contributed by atoms with Crippen LogP contribution in [0.25, 0.3) is 5.70 Å². The normalized spacial score (nSPS) is 20.3.